The van der Waals surface area contributed by atoms with Gasteiger partial charge in [0.05, 0.1) is 22.0 Å². The number of ether oxygens (including phenoxy) is 1. The number of hydrogen-bond acceptors (Lipinski definition) is 8. The van der Waals surface area contributed by atoms with E-state index in [2.05, 4.69) is 27.1 Å². The Kier molecular flexibility index (Phi) is 9.29. The topological polar surface area (TPSA) is 73.8 Å². The lowest BCUT2D eigenvalue weighted by Crippen LogP contribution is -2.50. The van der Waals surface area contributed by atoms with Crippen LogP contribution in [-0.2, 0) is 17.5 Å². The highest BCUT2D eigenvalue weighted by molar-refractivity contribution is 7.16. The first-order valence-corrected chi connectivity index (χ1v) is 15.6. The molecule has 0 spiro atoms. The zero-order valence-electron chi connectivity index (χ0n) is 25.0. The highest BCUT2D eigenvalue weighted by Gasteiger charge is 2.34. The van der Waals surface area contributed by atoms with Gasteiger partial charge in [0.2, 0.25) is 0 Å². The van der Waals surface area contributed by atoms with Crippen LogP contribution in [0, 0.1) is 5.82 Å². The molecule has 2 saturated heterocycles. The fourth-order valence-electron chi connectivity index (χ4n) is 5.36. The number of hydrogen-bond donors (Lipinski definition) is 1. The van der Waals surface area contributed by atoms with E-state index in [0.717, 1.165) is 30.3 Å². The summed E-state index contributed by atoms with van der Waals surface area (Å²) >= 11 is 7.14. The third-order valence-electron chi connectivity index (χ3n) is 7.65. The Hall–Kier alpha value is -3.16. The number of likely N-dealkylation sites (tertiary alicyclic amines) is 1. The number of benzene rings is 1. The van der Waals surface area contributed by atoms with Crippen molar-refractivity contribution in [2.75, 3.05) is 42.9 Å². The van der Waals surface area contributed by atoms with Gasteiger partial charge in [-0.15, -0.1) is 0 Å². The molecule has 0 unspecified atom stereocenters. The smallest absolute Gasteiger partial charge is 0.417 e. The molecule has 0 aliphatic carbocycles. The second-order valence-corrected chi connectivity index (χ2v) is 13.5. The Balaban J connectivity index is 1.39. The fourth-order valence-corrected chi connectivity index (χ4v) is 6.60. The summed E-state index contributed by atoms with van der Waals surface area (Å²) in [6.07, 6.45) is -1.48. The Morgan fingerprint density at radius 1 is 1.14 bits per heavy atom. The zero-order valence-corrected chi connectivity index (χ0v) is 26.5. The number of nitrogens with one attached hydrogen (secondary N) is 1. The molecule has 2 aliphatic rings. The highest BCUT2D eigenvalue weighted by atomic mass is 35.5. The molecular formula is C30H35ClF4N6O2S. The third-order valence-corrected chi connectivity index (χ3v) is 8.93. The van der Waals surface area contributed by atoms with Crippen LogP contribution in [0.4, 0.5) is 39.0 Å². The van der Waals surface area contributed by atoms with E-state index in [0.29, 0.717) is 55.3 Å². The molecule has 1 aromatic carbocycles. The molecule has 2 fully saturated rings. The van der Waals surface area contributed by atoms with Crippen molar-refractivity contribution in [1.82, 2.24) is 19.8 Å². The van der Waals surface area contributed by atoms with Crippen LogP contribution >= 0.6 is 22.9 Å². The standard InChI is InChI=1S/C30H35ClF4N6O2S/c1-18-6-5-11-41(18)17-23-25(19-7-8-21(31)20(16-19)30(33,34)35)37-27(44-23)38-26-24(32)22(9-10-36-26)39-12-14-40(15-13-39)28(42)43-29(2,3)4/h7-10,16,18H,5-6,11-15,17H2,1-4H3,(H,36,37,38)/t18-/m1/s1. The van der Waals surface area contributed by atoms with Crippen molar-refractivity contribution in [2.24, 2.45) is 0 Å². The molecule has 1 amide bonds. The lowest BCUT2D eigenvalue weighted by Gasteiger charge is -2.36. The summed E-state index contributed by atoms with van der Waals surface area (Å²) in [5.74, 6) is -0.638. The zero-order chi connectivity index (χ0) is 31.8. The maximum absolute atomic E-state index is 15.8. The van der Waals surface area contributed by atoms with Crippen LogP contribution in [0.25, 0.3) is 11.3 Å². The van der Waals surface area contributed by atoms with Gasteiger partial charge in [-0.05, 0) is 65.3 Å². The van der Waals surface area contributed by atoms with E-state index in [4.69, 9.17) is 16.3 Å². The summed E-state index contributed by atoms with van der Waals surface area (Å²) < 4.78 is 62.3. The molecule has 2 aliphatic heterocycles. The van der Waals surface area contributed by atoms with Crippen LogP contribution in [0.5, 0.6) is 0 Å². The van der Waals surface area contributed by atoms with Gasteiger partial charge in [0.25, 0.3) is 0 Å². The molecular weight excluding hydrogens is 620 g/mol. The van der Waals surface area contributed by atoms with Crippen molar-refractivity contribution in [2.45, 2.75) is 64.9 Å². The Bertz CT molecular complexity index is 1500. The number of thiazole rings is 1. The molecule has 2 aromatic heterocycles. The van der Waals surface area contributed by atoms with Gasteiger partial charge < -0.3 is 19.9 Å². The third kappa shape index (κ3) is 7.37. The maximum atomic E-state index is 15.8. The first-order valence-electron chi connectivity index (χ1n) is 14.4. The summed E-state index contributed by atoms with van der Waals surface area (Å²) in [5, 5.41) is 2.89. The Labute approximate surface area is 263 Å². The number of pyridine rings is 1. The predicted octanol–water partition coefficient (Wildman–Crippen LogP) is 7.80. The lowest BCUT2D eigenvalue weighted by atomic mass is 10.1. The molecule has 0 saturated carbocycles. The lowest BCUT2D eigenvalue weighted by molar-refractivity contribution is -0.137. The molecule has 44 heavy (non-hydrogen) atoms. The van der Waals surface area contributed by atoms with Gasteiger partial charge in [-0.2, -0.15) is 13.2 Å². The minimum atomic E-state index is -4.63. The van der Waals surface area contributed by atoms with Crippen LogP contribution in [0.2, 0.25) is 5.02 Å². The van der Waals surface area contributed by atoms with Crippen molar-refractivity contribution in [3.63, 3.8) is 0 Å². The number of nitrogens with zero attached hydrogens (tertiary/aromatic N) is 5. The highest BCUT2D eigenvalue weighted by Crippen LogP contribution is 2.40. The number of carbonyl (C=O) groups is 1. The number of aromatic nitrogens is 2. The molecule has 4 heterocycles. The molecule has 0 radical (unpaired) electrons. The first-order chi connectivity index (χ1) is 20.7. The number of rotatable bonds is 6. The first kappa shape index (κ1) is 32.2. The van der Waals surface area contributed by atoms with Crippen molar-refractivity contribution in [3.05, 3.63) is 51.7 Å². The molecule has 8 nitrogen and oxygen atoms in total. The number of halogens is 5. The molecule has 5 rings (SSSR count). The summed E-state index contributed by atoms with van der Waals surface area (Å²) in [5.41, 5.74) is -0.567. The maximum Gasteiger partial charge on any atom is 0.417 e. The summed E-state index contributed by atoms with van der Waals surface area (Å²) in [4.78, 5) is 27.7. The van der Waals surface area contributed by atoms with E-state index in [1.165, 1.54) is 29.7 Å². The number of carbonyl (C=O) groups excluding carboxylic acids is 1. The van der Waals surface area contributed by atoms with Crippen molar-refractivity contribution in [3.8, 4) is 11.3 Å². The largest absolute Gasteiger partial charge is 0.444 e. The summed E-state index contributed by atoms with van der Waals surface area (Å²) in [6, 6.07) is 5.65. The van der Waals surface area contributed by atoms with Crippen LogP contribution in [0.15, 0.2) is 30.5 Å². The van der Waals surface area contributed by atoms with Gasteiger partial charge in [0.1, 0.15) is 5.60 Å². The normalized spacial score (nSPS) is 18.2. The molecule has 14 heteroatoms. The van der Waals surface area contributed by atoms with Crippen LogP contribution in [0.1, 0.15) is 51.0 Å². The predicted molar refractivity (Wildman–Crippen MR) is 164 cm³/mol. The van der Waals surface area contributed by atoms with Gasteiger partial charge >= 0.3 is 12.3 Å². The van der Waals surface area contributed by atoms with Gasteiger partial charge in [0, 0.05) is 55.4 Å². The number of amides is 1. The summed E-state index contributed by atoms with van der Waals surface area (Å²) in [6.45, 7) is 10.4. The van der Waals surface area contributed by atoms with Crippen LogP contribution in [-0.4, -0.2) is 70.2 Å². The van der Waals surface area contributed by atoms with Crippen molar-refractivity contribution >= 4 is 45.7 Å². The van der Waals surface area contributed by atoms with E-state index >= 15 is 4.39 Å². The molecule has 1 atom stereocenters. The van der Waals surface area contributed by atoms with E-state index in [1.807, 2.05) is 4.90 Å². The quantitative estimate of drug-likeness (QED) is 0.272. The summed E-state index contributed by atoms with van der Waals surface area (Å²) in [7, 11) is 0. The number of alkyl halides is 3. The average molecular weight is 655 g/mol. The minimum Gasteiger partial charge on any atom is -0.444 e. The van der Waals surface area contributed by atoms with Crippen molar-refractivity contribution < 1.29 is 27.1 Å². The number of anilines is 3. The van der Waals surface area contributed by atoms with E-state index in [9.17, 15) is 18.0 Å². The molecule has 238 valence electrons. The van der Waals surface area contributed by atoms with Crippen LogP contribution in [0.3, 0.4) is 0 Å². The van der Waals surface area contributed by atoms with Crippen molar-refractivity contribution in [1.29, 1.82) is 0 Å². The fraction of sp³-hybridized carbons (Fsp3) is 0.500. The molecule has 1 N–H and O–H groups in total. The molecule has 0 bridgehead atoms. The minimum absolute atomic E-state index is 0.0504. The average Bonchev–Trinajstić information content (AvgIpc) is 3.54. The second kappa shape index (κ2) is 12.7. The SMILES string of the molecule is C[C@@H]1CCCN1Cc1sc(Nc2nccc(N3CCN(C(=O)OC(C)(C)C)CC3)c2F)nc1-c1ccc(Cl)c(C(F)(F)F)c1. The second-order valence-electron chi connectivity index (χ2n) is 12.0. The van der Waals surface area contributed by atoms with Gasteiger partial charge in [-0.1, -0.05) is 29.0 Å². The van der Waals surface area contributed by atoms with Crippen LogP contribution < -0.4 is 10.2 Å². The van der Waals surface area contributed by atoms with Gasteiger partial charge in [-0.3, -0.25) is 4.90 Å². The molecule has 3 aromatic rings. The van der Waals surface area contributed by atoms with E-state index in [-0.39, 0.29) is 16.4 Å². The monoisotopic (exact) mass is 654 g/mol. The Morgan fingerprint density at radius 2 is 1.86 bits per heavy atom. The number of piperazine rings is 1. The van der Waals surface area contributed by atoms with E-state index in [1.54, 1.807) is 31.7 Å². The van der Waals surface area contributed by atoms with Gasteiger partial charge in [0.15, 0.2) is 16.8 Å². The Morgan fingerprint density at radius 3 is 2.50 bits per heavy atom. The van der Waals surface area contributed by atoms with Gasteiger partial charge in [-0.25, -0.2) is 19.2 Å². The van der Waals surface area contributed by atoms with E-state index < -0.39 is 29.3 Å².